The van der Waals surface area contributed by atoms with Crippen LogP contribution in [-0.2, 0) is 6.54 Å². The van der Waals surface area contributed by atoms with Crippen molar-refractivity contribution in [3.05, 3.63) is 47.9 Å². The molecule has 1 aromatic carbocycles. The van der Waals surface area contributed by atoms with E-state index in [-0.39, 0.29) is 11.9 Å². The maximum atomic E-state index is 13.3. The number of nitrogens with zero attached hydrogens (tertiary/aromatic N) is 3. The second-order valence-electron chi connectivity index (χ2n) is 10.9. The minimum Gasteiger partial charge on any atom is -0.348 e. The van der Waals surface area contributed by atoms with Gasteiger partial charge in [-0.25, -0.2) is 0 Å². The molecule has 4 rings (SSSR count). The SMILES string of the molecule is C#CCC(C)CCC(CCC)NC(=O)c1n[nH]c2ccc(-c3cncc(CN4CCC(C)CC4)c3)cc12. The van der Waals surface area contributed by atoms with Gasteiger partial charge in [0.25, 0.3) is 5.91 Å². The summed E-state index contributed by atoms with van der Waals surface area (Å²) in [6.07, 6.45) is 16.5. The predicted octanol–water partition coefficient (Wildman–Crippen LogP) is 6.19. The third-order valence-corrected chi connectivity index (χ3v) is 7.64. The van der Waals surface area contributed by atoms with Crippen molar-refractivity contribution < 1.29 is 4.79 Å². The van der Waals surface area contributed by atoms with E-state index in [4.69, 9.17) is 6.42 Å². The zero-order valence-corrected chi connectivity index (χ0v) is 22.6. The first-order valence-electron chi connectivity index (χ1n) is 13.9. The average Bonchev–Trinajstić information content (AvgIpc) is 3.33. The minimum absolute atomic E-state index is 0.117. The monoisotopic (exact) mass is 499 g/mol. The summed E-state index contributed by atoms with van der Waals surface area (Å²) in [5.74, 6) is 3.89. The van der Waals surface area contributed by atoms with E-state index >= 15 is 0 Å². The number of fused-ring (bicyclic) bond motifs is 1. The molecule has 0 radical (unpaired) electrons. The topological polar surface area (TPSA) is 73.9 Å². The summed E-state index contributed by atoms with van der Waals surface area (Å²) in [7, 11) is 0. The standard InChI is InChI=1S/C31H41N5O/c1-5-7-22(3)9-11-27(8-6-2)33-31(37)30-28-18-25(10-12-29(28)34-35-30)26-17-24(19-32-20-26)21-36-15-13-23(4)14-16-36/h1,10,12,17-20,22-23,27H,6-9,11,13-16,21H2,2-4H3,(H,33,37)(H,34,35). The van der Waals surface area contributed by atoms with Crippen molar-refractivity contribution in [2.75, 3.05) is 13.1 Å². The maximum Gasteiger partial charge on any atom is 0.272 e. The third kappa shape index (κ3) is 7.20. The van der Waals surface area contributed by atoms with Gasteiger partial charge in [-0.05, 0) is 86.4 Å². The summed E-state index contributed by atoms with van der Waals surface area (Å²) in [6.45, 7) is 9.87. The molecule has 1 aliphatic rings. The lowest BCUT2D eigenvalue weighted by atomic mass is 9.96. The van der Waals surface area contributed by atoms with E-state index in [1.807, 2.05) is 18.5 Å². The fourth-order valence-electron chi connectivity index (χ4n) is 5.26. The highest BCUT2D eigenvalue weighted by atomic mass is 16.2. The smallest absolute Gasteiger partial charge is 0.272 e. The lowest BCUT2D eigenvalue weighted by molar-refractivity contribution is 0.0927. The average molecular weight is 500 g/mol. The molecule has 6 heteroatoms. The van der Waals surface area contributed by atoms with Gasteiger partial charge in [0.15, 0.2) is 5.69 Å². The molecule has 1 aliphatic heterocycles. The quantitative estimate of drug-likeness (QED) is 0.308. The van der Waals surface area contributed by atoms with Gasteiger partial charge in [0.1, 0.15) is 0 Å². The van der Waals surface area contributed by atoms with Crippen LogP contribution >= 0.6 is 0 Å². The number of H-pyrrole nitrogens is 1. The van der Waals surface area contributed by atoms with Gasteiger partial charge < -0.3 is 5.32 Å². The molecule has 2 aromatic heterocycles. The summed E-state index contributed by atoms with van der Waals surface area (Å²) in [5.41, 5.74) is 4.62. The van der Waals surface area contributed by atoms with Gasteiger partial charge in [-0.1, -0.05) is 33.3 Å². The Morgan fingerprint density at radius 3 is 2.76 bits per heavy atom. The van der Waals surface area contributed by atoms with Crippen LogP contribution in [0.1, 0.15) is 81.8 Å². The molecule has 37 heavy (non-hydrogen) atoms. The first kappa shape index (κ1) is 26.9. The summed E-state index contributed by atoms with van der Waals surface area (Å²) in [5, 5.41) is 11.5. The molecule has 0 bridgehead atoms. The molecule has 3 heterocycles. The molecule has 2 N–H and O–H groups in total. The number of hydrogen-bond donors (Lipinski definition) is 2. The predicted molar refractivity (Wildman–Crippen MR) is 151 cm³/mol. The van der Waals surface area contributed by atoms with E-state index in [1.54, 1.807) is 0 Å². The van der Waals surface area contributed by atoms with E-state index in [0.717, 1.165) is 79.7 Å². The fraction of sp³-hybridized carbons (Fsp3) is 0.516. The largest absolute Gasteiger partial charge is 0.348 e. The molecular formula is C31H41N5O. The molecule has 6 nitrogen and oxygen atoms in total. The van der Waals surface area contributed by atoms with Crippen LogP contribution in [0.5, 0.6) is 0 Å². The number of aromatic nitrogens is 3. The van der Waals surface area contributed by atoms with E-state index in [2.05, 4.69) is 70.3 Å². The van der Waals surface area contributed by atoms with Crippen LogP contribution in [0.2, 0.25) is 0 Å². The number of likely N-dealkylation sites (tertiary alicyclic amines) is 1. The second kappa shape index (κ2) is 12.9. The number of rotatable bonds is 11. The summed E-state index contributed by atoms with van der Waals surface area (Å²) in [4.78, 5) is 20.3. The van der Waals surface area contributed by atoms with E-state index in [0.29, 0.717) is 11.6 Å². The number of carbonyl (C=O) groups excluding carboxylic acids is 1. The zero-order chi connectivity index (χ0) is 26.2. The Morgan fingerprint density at radius 1 is 1.19 bits per heavy atom. The van der Waals surface area contributed by atoms with Crippen LogP contribution in [0.4, 0.5) is 0 Å². The fourth-order valence-corrected chi connectivity index (χ4v) is 5.26. The Kier molecular flexibility index (Phi) is 9.35. The molecule has 3 aromatic rings. The number of piperidine rings is 1. The highest BCUT2D eigenvalue weighted by Crippen LogP contribution is 2.27. The van der Waals surface area contributed by atoms with Crippen molar-refractivity contribution in [3.63, 3.8) is 0 Å². The molecule has 0 saturated carbocycles. The molecule has 0 aliphatic carbocycles. The number of benzene rings is 1. The van der Waals surface area contributed by atoms with Gasteiger partial charge in [-0.2, -0.15) is 5.10 Å². The third-order valence-electron chi connectivity index (χ3n) is 7.64. The first-order valence-corrected chi connectivity index (χ1v) is 13.9. The van der Waals surface area contributed by atoms with E-state index in [1.165, 1.54) is 18.4 Å². The maximum absolute atomic E-state index is 13.3. The molecular weight excluding hydrogens is 458 g/mol. The van der Waals surface area contributed by atoms with Gasteiger partial charge in [-0.15, -0.1) is 12.3 Å². The highest BCUT2D eigenvalue weighted by molar-refractivity contribution is 6.05. The number of amides is 1. The molecule has 1 fully saturated rings. The normalized spacial score (nSPS) is 16.4. The Labute approximate surface area is 221 Å². The van der Waals surface area contributed by atoms with Crippen molar-refractivity contribution in [1.82, 2.24) is 25.4 Å². The van der Waals surface area contributed by atoms with Crippen molar-refractivity contribution in [2.24, 2.45) is 11.8 Å². The first-order chi connectivity index (χ1) is 18.0. The van der Waals surface area contributed by atoms with Gasteiger partial charge >= 0.3 is 0 Å². The van der Waals surface area contributed by atoms with Gasteiger partial charge in [0, 0.05) is 42.4 Å². The molecule has 0 spiro atoms. The number of nitrogens with one attached hydrogen (secondary N) is 2. The van der Waals surface area contributed by atoms with Crippen LogP contribution in [0.25, 0.3) is 22.0 Å². The molecule has 196 valence electrons. The van der Waals surface area contributed by atoms with Gasteiger partial charge in [0.2, 0.25) is 0 Å². The Bertz CT molecular complexity index is 1220. The summed E-state index contributed by atoms with van der Waals surface area (Å²) < 4.78 is 0. The molecule has 1 amide bonds. The number of hydrogen-bond acceptors (Lipinski definition) is 4. The zero-order valence-electron chi connectivity index (χ0n) is 22.6. The Balaban J connectivity index is 1.49. The van der Waals surface area contributed by atoms with Gasteiger partial charge in [0.05, 0.1) is 5.52 Å². The second-order valence-corrected chi connectivity index (χ2v) is 10.9. The van der Waals surface area contributed by atoms with Crippen LogP contribution in [0.15, 0.2) is 36.7 Å². The number of carbonyl (C=O) groups is 1. The highest BCUT2D eigenvalue weighted by Gasteiger charge is 2.20. The number of pyridine rings is 1. The van der Waals surface area contributed by atoms with Crippen LogP contribution in [0, 0.1) is 24.2 Å². The van der Waals surface area contributed by atoms with Crippen molar-refractivity contribution in [2.45, 2.75) is 78.3 Å². The number of terminal acetylenes is 1. The molecule has 1 saturated heterocycles. The van der Waals surface area contributed by atoms with Crippen LogP contribution in [-0.4, -0.2) is 45.1 Å². The van der Waals surface area contributed by atoms with Gasteiger partial charge in [-0.3, -0.25) is 19.8 Å². The van der Waals surface area contributed by atoms with Crippen molar-refractivity contribution >= 4 is 16.8 Å². The van der Waals surface area contributed by atoms with Crippen LogP contribution < -0.4 is 5.32 Å². The van der Waals surface area contributed by atoms with Crippen LogP contribution in [0.3, 0.4) is 0 Å². The van der Waals surface area contributed by atoms with Crippen molar-refractivity contribution in [1.29, 1.82) is 0 Å². The summed E-state index contributed by atoms with van der Waals surface area (Å²) >= 11 is 0. The minimum atomic E-state index is -0.127. The van der Waals surface area contributed by atoms with Crippen molar-refractivity contribution in [3.8, 4) is 23.5 Å². The van der Waals surface area contributed by atoms with E-state index in [9.17, 15) is 4.79 Å². The lowest BCUT2D eigenvalue weighted by Gasteiger charge is -2.30. The molecule has 2 atom stereocenters. The molecule has 2 unspecified atom stereocenters. The number of aromatic amines is 1. The lowest BCUT2D eigenvalue weighted by Crippen LogP contribution is -2.35. The summed E-state index contributed by atoms with van der Waals surface area (Å²) in [6, 6.07) is 8.46. The van der Waals surface area contributed by atoms with E-state index < -0.39 is 0 Å². The Hall–Kier alpha value is -3.17. The Morgan fingerprint density at radius 2 is 2.00 bits per heavy atom.